The lowest BCUT2D eigenvalue weighted by atomic mass is 9.91. The summed E-state index contributed by atoms with van der Waals surface area (Å²) in [6, 6.07) is 9.89. The fourth-order valence-corrected chi connectivity index (χ4v) is 3.63. The Balaban J connectivity index is 0.00000150. The van der Waals surface area contributed by atoms with Gasteiger partial charge in [-0.15, -0.1) is 12.4 Å². The number of benzene rings is 1. The van der Waals surface area contributed by atoms with Gasteiger partial charge in [0.1, 0.15) is 11.6 Å². The van der Waals surface area contributed by atoms with Gasteiger partial charge in [0.25, 0.3) is 5.91 Å². The largest absolute Gasteiger partial charge is 0.439 e. The average Bonchev–Trinajstić information content (AvgIpc) is 2.88. The Bertz CT molecular complexity index is 785. The molecule has 1 aliphatic heterocycles. The Kier molecular flexibility index (Phi) is 8.37. The normalized spacial score (nSPS) is 17.3. The number of carbonyl (C=O) groups is 1. The second-order valence-corrected chi connectivity index (χ2v) is 7.21. The molecule has 158 valence electrons. The number of amides is 1. The third kappa shape index (κ3) is 5.65. The number of pyridine rings is 1. The molecule has 0 bridgehead atoms. The lowest BCUT2D eigenvalue weighted by Gasteiger charge is -2.36. The first-order valence-electron chi connectivity index (χ1n) is 9.62. The van der Waals surface area contributed by atoms with Gasteiger partial charge in [-0.3, -0.25) is 9.69 Å². The van der Waals surface area contributed by atoms with Crippen molar-refractivity contribution >= 4 is 18.3 Å². The van der Waals surface area contributed by atoms with Crippen molar-refractivity contribution in [2.75, 3.05) is 26.2 Å². The third-order valence-electron chi connectivity index (χ3n) is 5.43. The predicted molar refractivity (Wildman–Crippen MR) is 111 cm³/mol. The zero-order valence-electron chi connectivity index (χ0n) is 16.2. The molecule has 0 spiro atoms. The van der Waals surface area contributed by atoms with E-state index in [-0.39, 0.29) is 29.6 Å². The highest BCUT2D eigenvalue weighted by atomic mass is 35.5. The van der Waals surface area contributed by atoms with Crippen LogP contribution in [0.4, 0.5) is 4.39 Å². The molecule has 2 fully saturated rings. The summed E-state index contributed by atoms with van der Waals surface area (Å²) in [6.07, 6.45) is 6.50. The van der Waals surface area contributed by atoms with E-state index in [1.54, 1.807) is 30.5 Å². The molecule has 2 aliphatic rings. The summed E-state index contributed by atoms with van der Waals surface area (Å²) in [5.74, 6) is 0.590. The van der Waals surface area contributed by atoms with Crippen LogP contribution in [0.15, 0.2) is 42.6 Å². The van der Waals surface area contributed by atoms with E-state index in [0.717, 1.165) is 38.6 Å². The summed E-state index contributed by atoms with van der Waals surface area (Å²) in [4.78, 5) is 21.5. The summed E-state index contributed by atoms with van der Waals surface area (Å²) in [7, 11) is 0. The molecule has 1 saturated heterocycles. The van der Waals surface area contributed by atoms with Gasteiger partial charge in [-0.2, -0.15) is 0 Å². The van der Waals surface area contributed by atoms with Crippen molar-refractivity contribution in [3.8, 4) is 11.6 Å². The summed E-state index contributed by atoms with van der Waals surface area (Å²) in [5, 5.41) is 0. The summed E-state index contributed by atoms with van der Waals surface area (Å²) in [6.45, 7) is 3.59. The van der Waals surface area contributed by atoms with Gasteiger partial charge in [0.05, 0.1) is 5.56 Å². The molecule has 8 heteroatoms. The molecule has 0 radical (unpaired) electrons. The minimum atomic E-state index is -0.315. The number of rotatable bonds is 4. The van der Waals surface area contributed by atoms with E-state index in [0.29, 0.717) is 17.2 Å². The zero-order chi connectivity index (χ0) is 18.6. The molecule has 1 saturated carbocycles. The lowest BCUT2D eigenvalue weighted by molar-refractivity contribution is 0.0749. The summed E-state index contributed by atoms with van der Waals surface area (Å²) < 4.78 is 18.5. The monoisotopic (exact) mass is 423 g/mol. The maximum atomic E-state index is 12.9. The molecule has 4 rings (SSSR count). The van der Waals surface area contributed by atoms with Crippen LogP contribution in [0.3, 0.4) is 0 Å². The highest BCUT2D eigenvalue weighted by Gasteiger charge is 2.28. The van der Waals surface area contributed by atoms with Gasteiger partial charge in [0.2, 0.25) is 5.88 Å². The molecule has 1 aliphatic carbocycles. The van der Waals surface area contributed by atoms with Gasteiger partial charge in [-0.1, -0.05) is 6.42 Å². The van der Waals surface area contributed by atoms with E-state index in [1.807, 2.05) is 4.90 Å². The van der Waals surface area contributed by atoms with E-state index >= 15 is 0 Å². The van der Waals surface area contributed by atoms with E-state index in [9.17, 15) is 9.18 Å². The van der Waals surface area contributed by atoms with E-state index in [2.05, 4.69) is 9.88 Å². The maximum Gasteiger partial charge on any atom is 0.255 e. The Morgan fingerprint density at radius 2 is 1.76 bits per heavy atom. The Morgan fingerprint density at radius 3 is 2.38 bits per heavy atom. The van der Waals surface area contributed by atoms with Crippen LogP contribution >= 0.6 is 12.4 Å². The molecule has 0 atom stereocenters. The van der Waals surface area contributed by atoms with Crippen molar-refractivity contribution < 1.29 is 19.4 Å². The Labute approximate surface area is 176 Å². The van der Waals surface area contributed by atoms with Crippen molar-refractivity contribution in [2.45, 2.75) is 31.7 Å². The molecular weight excluding hydrogens is 397 g/mol. The SMILES string of the molecule is Cl.O.O=C(c1ccc(Oc2ccc(F)cc2)nc1)N1CCCN(C2CCC2)CC1. The van der Waals surface area contributed by atoms with Crippen LogP contribution in [-0.4, -0.2) is 58.4 Å². The van der Waals surface area contributed by atoms with E-state index < -0.39 is 0 Å². The van der Waals surface area contributed by atoms with Gasteiger partial charge in [-0.25, -0.2) is 9.37 Å². The van der Waals surface area contributed by atoms with Crippen molar-refractivity contribution in [3.63, 3.8) is 0 Å². The van der Waals surface area contributed by atoms with Gasteiger partial charge < -0.3 is 15.1 Å². The average molecular weight is 424 g/mol. The zero-order valence-corrected chi connectivity index (χ0v) is 17.0. The molecule has 2 N–H and O–H groups in total. The topological polar surface area (TPSA) is 77.2 Å². The molecule has 2 heterocycles. The predicted octanol–water partition coefficient (Wildman–Crippen LogP) is 3.31. The lowest BCUT2D eigenvalue weighted by Crippen LogP contribution is -2.42. The van der Waals surface area contributed by atoms with Gasteiger partial charge >= 0.3 is 0 Å². The fraction of sp³-hybridized carbons (Fsp3) is 0.429. The molecule has 1 amide bonds. The minimum Gasteiger partial charge on any atom is -0.439 e. The first-order chi connectivity index (χ1) is 13.2. The molecule has 2 aromatic rings. The number of carbonyl (C=O) groups excluding carboxylic acids is 1. The van der Waals surface area contributed by atoms with Crippen LogP contribution in [0.1, 0.15) is 36.0 Å². The van der Waals surface area contributed by atoms with Crippen molar-refractivity contribution in [3.05, 3.63) is 54.0 Å². The van der Waals surface area contributed by atoms with Crippen LogP contribution in [0.25, 0.3) is 0 Å². The number of ether oxygens (including phenoxy) is 1. The third-order valence-corrected chi connectivity index (χ3v) is 5.43. The highest BCUT2D eigenvalue weighted by molar-refractivity contribution is 5.94. The number of nitrogens with zero attached hydrogens (tertiary/aromatic N) is 3. The van der Waals surface area contributed by atoms with E-state index in [4.69, 9.17) is 4.74 Å². The van der Waals surface area contributed by atoms with Gasteiger partial charge in [0, 0.05) is 44.5 Å². The standard InChI is InChI=1S/C21H24FN3O2.ClH.H2O/c22-17-6-8-19(9-7-17)27-20-10-5-16(15-23-20)21(26)25-12-2-11-24(13-14-25)18-3-1-4-18;;/h5-10,15,18H,1-4,11-14H2;1H;1H2. The summed E-state index contributed by atoms with van der Waals surface area (Å²) in [5.41, 5.74) is 0.568. The van der Waals surface area contributed by atoms with Crippen LogP contribution in [0.5, 0.6) is 11.6 Å². The van der Waals surface area contributed by atoms with Crippen LogP contribution in [-0.2, 0) is 0 Å². The van der Waals surface area contributed by atoms with Crippen molar-refractivity contribution in [1.82, 2.24) is 14.8 Å². The first-order valence-corrected chi connectivity index (χ1v) is 9.62. The molecular formula is C21H27ClFN3O3. The minimum absolute atomic E-state index is 0. The van der Waals surface area contributed by atoms with Crippen LogP contribution in [0.2, 0.25) is 0 Å². The van der Waals surface area contributed by atoms with Crippen LogP contribution in [0, 0.1) is 5.82 Å². The maximum absolute atomic E-state index is 12.9. The highest BCUT2D eigenvalue weighted by Crippen LogP contribution is 2.26. The van der Waals surface area contributed by atoms with Crippen molar-refractivity contribution in [2.24, 2.45) is 0 Å². The fourth-order valence-electron chi connectivity index (χ4n) is 3.63. The molecule has 1 aromatic carbocycles. The second kappa shape index (κ2) is 10.5. The Morgan fingerprint density at radius 1 is 1.00 bits per heavy atom. The van der Waals surface area contributed by atoms with E-state index in [1.165, 1.54) is 31.4 Å². The number of aromatic nitrogens is 1. The molecule has 0 unspecified atom stereocenters. The number of hydrogen-bond donors (Lipinski definition) is 0. The second-order valence-electron chi connectivity index (χ2n) is 7.21. The van der Waals surface area contributed by atoms with Gasteiger partial charge in [-0.05, 0) is 49.6 Å². The number of hydrogen-bond acceptors (Lipinski definition) is 4. The first kappa shape index (κ1) is 23.1. The Hall–Kier alpha value is -2.22. The summed E-state index contributed by atoms with van der Waals surface area (Å²) >= 11 is 0. The van der Waals surface area contributed by atoms with Crippen molar-refractivity contribution in [1.29, 1.82) is 0 Å². The number of halogens is 2. The smallest absolute Gasteiger partial charge is 0.255 e. The van der Waals surface area contributed by atoms with Crippen LogP contribution < -0.4 is 4.74 Å². The quantitative estimate of drug-likeness (QED) is 0.755. The molecule has 1 aromatic heterocycles. The molecule has 29 heavy (non-hydrogen) atoms. The van der Waals surface area contributed by atoms with Gasteiger partial charge in [0.15, 0.2) is 0 Å². The molecule has 6 nitrogen and oxygen atoms in total.